The molecule has 0 N–H and O–H groups in total. The van der Waals surface area contributed by atoms with Gasteiger partial charge in [0.25, 0.3) is 0 Å². The van der Waals surface area contributed by atoms with E-state index in [-0.39, 0.29) is 17.9 Å². The highest BCUT2D eigenvalue weighted by atomic mass is 16.5. The third-order valence-corrected chi connectivity index (χ3v) is 4.78. The Hall–Kier alpha value is -2.88. The Balaban J connectivity index is 2.00. The predicted octanol–water partition coefficient (Wildman–Crippen LogP) is 5.25. The molecule has 0 fully saturated rings. The molecule has 1 aromatic carbocycles. The molecule has 2 heterocycles. The number of nitrogens with zero attached hydrogens (tertiary/aromatic N) is 1. The second-order valence-electron chi connectivity index (χ2n) is 7.31. The van der Waals surface area contributed by atoms with E-state index in [0.29, 0.717) is 16.8 Å². The van der Waals surface area contributed by atoms with Crippen molar-refractivity contribution < 1.29 is 14.3 Å². The highest BCUT2D eigenvalue weighted by molar-refractivity contribution is 6.09. The number of aryl methyl sites for hydroxylation is 2. The van der Waals surface area contributed by atoms with E-state index in [2.05, 4.69) is 6.92 Å². The summed E-state index contributed by atoms with van der Waals surface area (Å²) < 4.78 is 7.15. The van der Waals surface area contributed by atoms with Crippen molar-refractivity contribution in [2.75, 3.05) is 0 Å². The first kappa shape index (κ1) is 19.9. The third-order valence-electron chi connectivity index (χ3n) is 4.78. The van der Waals surface area contributed by atoms with Crippen LogP contribution in [0.4, 0.5) is 0 Å². The summed E-state index contributed by atoms with van der Waals surface area (Å²) >= 11 is 0. The normalized spacial score (nSPS) is 11.2. The molecule has 0 aliphatic carbocycles. The first-order valence-corrected chi connectivity index (χ1v) is 9.93. The zero-order valence-electron chi connectivity index (χ0n) is 17.0. The summed E-state index contributed by atoms with van der Waals surface area (Å²) in [6.07, 6.45) is 4.44. The number of pyridine rings is 1. The van der Waals surface area contributed by atoms with Crippen molar-refractivity contribution in [1.82, 2.24) is 4.40 Å². The van der Waals surface area contributed by atoms with E-state index in [9.17, 15) is 9.59 Å². The highest BCUT2D eigenvalue weighted by Gasteiger charge is 2.19. The summed E-state index contributed by atoms with van der Waals surface area (Å²) in [6, 6.07) is 13.3. The lowest BCUT2D eigenvalue weighted by molar-refractivity contribution is 0.0378. The van der Waals surface area contributed by atoms with Crippen LogP contribution in [-0.2, 0) is 17.6 Å². The van der Waals surface area contributed by atoms with Crippen molar-refractivity contribution in [3.63, 3.8) is 0 Å². The molecule has 146 valence electrons. The number of benzene rings is 1. The third kappa shape index (κ3) is 4.01. The van der Waals surface area contributed by atoms with Crippen LogP contribution in [0.25, 0.3) is 5.52 Å². The van der Waals surface area contributed by atoms with Crippen LogP contribution in [0, 0.1) is 0 Å². The molecule has 4 nitrogen and oxygen atoms in total. The number of rotatable bonds is 7. The fourth-order valence-corrected chi connectivity index (χ4v) is 3.42. The number of aromatic nitrogens is 1. The lowest BCUT2D eigenvalue weighted by Crippen LogP contribution is -2.12. The van der Waals surface area contributed by atoms with Crippen LogP contribution in [0.3, 0.4) is 0 Å². The lowest BCUT2D eigenvalue weighted by Gasteiger charge is -2.09. The molecule has 0 atom stereocenters. The van der Waals surface area contributed by atoms with Gasteiger partial charge in [-0.1, -0.05) is 44.5 Å². The zero-order chi connectivity index (χ0) is 20.3. The fraction of sp³-hybridized carbons (Fsp3) is 0.333. The van der Waals surface area contributed by atoms with E-state index < -0.39 is 0 Å². The first-order valence-electron chi connectivity index (χ1n) is 9.93. The van der Waals surface area contributed by atoms with E-state index >= 15 is 0 Å². The molecule has 0 spiro atoms. The van der Waals surface area contributed by atoms with Gasteiger partial charge in [-0.3, -0.25) is 4.79 Å². The van der Waals surface area contributed by atoms with Gasteiger partial charge < -0.3 is 9.14 Å². The summed E-state index contributed by atoms with van der Waals surface area (Å²) in [7, 11) is 0. The standard InChI is InChI=1S/C24H27NO3/c1-5-7-17-8-10-19(11-9-17)23(26)22-18(6-2)14-21-15-20(12-13-25(21)22)24(27)28-16(3)4/h8-16H,5-7H2,1-4H3. The maximum atomic E-state index is 13.2. The van der Waals surface area contributed by atoms with Crippen molar-refractivity contribution in [2.24, 2.45) is 0 Å². The molecule has 0 amide bonds. The second kappa shape index (κ2) is 8.42. The Morgan fingerprint density at radius 1 is 1.00 bits per heavy atom. The topological polar surface area (TPSA) is 47.8 Å². The number of ketones is 1. The van der Waals surface area contributed by atoms with E-state index in [1.54, 1.807) is 18.3 Å². The van der Waals surface area contributed by atoms with E-state index in [0.717, 1.165) is 30.3 Å². The molecule has 0 saturated carbocycles. The minimum absolute atomic E-state index is 0.00240. The lowest BCUT2D eigenvalue weighted by atomic mass is 10.0. The summed E-state index contributed by atoms with van der Waals surface area (Å²) in [5, 5.41) is 0. The maximum Gasteiger partial charge on any atom is 0.338 e. The molecule has 3 aromatic rings. The second-order valence-corrected chi connectivity index (χ2v) is 7.31. The predicted molar refractivity (Wildman–Crippen MR) is 111 cm³/mol. The Morgan fingerprint density at radius 3 is 2.32 bits per heavy atom. The van der Waals surface area contributed by atoms with Gasteiger partial charge in [-0.2, -0.15) is 0 Å². The molecular formula is C24H27NO3. The van der Waals surface area contributed by atoms with Gasteiger partial charge in [0.2, 0.25) is 5.78 Å². The van der Waals surface area contributed by atoms with Crippen molar-refractivity contribution in [3.05, 3.63) is 76.6 Å². The quantitative estimate of drug-likeness (QED) is 0.417. The Kier molecular flexibility index (Phi) is 5.98. The molecule has 0 saturated heterocycles. The van der Waals surface area contributed by atoms with Gasteiger partial charge in [0, 0.05) is 17.3 Å². The minimum Gasteiger partial charge on any atom is -0.459 e. The number of carbonyl (C=O) groups is 2. The Labute approximate surface area is 166 Å². The van der Waals surface area contributed by atoms with Gasteiger partial charge >= 0.3 is 5.97 Å². The Morgan fingerprint density at radius 2 is 1.71 bits per heavy atom. The number of hydrogen-bond acceptors (Lipinski definition) is 3. The molecule has 2 aromatic heterocycles. The molecule has 0 unspecified atom stereocenters. The number of fused-ring (bicyclic) bond motifs is 1. The monoisotopic (exact) mass is 377 g/mol. The van der Waals surface area contributed by atoms with Gasteiger partial charge in [-0.15, -0.1) is 0 Å². The average Bonchev–Trinajstić information content (AvgIpc) is 3.05. The van der Waals surface area contributed by atoms with Gasteiger partial charge in [-0.05, 0) is 56.0 Å². The van der Waals surface area contributed by atoms with E-state index in [1.807, 2.05) is 55.5 Å². The van der Waals surface area contributed by atoms with Crippen LogP contribution in [0.1, 0.15) is 71.7 Å². The van der Waals surface area contributed by atoms with Crippen molar-refractivity contribution >= 4 is 17.3 Å². The number of hydrogen-bond donors (Lipinski definition) is 0. The number of esters is 1. The molecule has 4 heteroatoms. The summed E-state index contributed by atoms with van der Waals surface area (Å²) in [5.74, 6) is -0.353. The van der Waals surface area contributed by atoms with Crippen LogP contribution in [0.2, 0.25) is 0 Å². The van der Waals surface area contributed by atoms with Crippen molar-refractivity contribution in [2.45, 2.75) is 53.1 Å². The van der Waals surface area contributed by atoms with Crippen LogP contribution < -0.4 is 0 Å². The molecule has 0 aliphatic rings. The van der Waals surface area contributed by atoms with Gasteiger partial charge in [-0.25, -0.2) is 4.79 Å². The molecule has 3 rings (SSSR count). The Bertz CT molecular complexity index is 997. The first-order chi connectivity index (χ1) is 13.4. The fourth-order valence-electron chi connectivity index (χ4n) is 3.42. The molecular weight excluding hydrogens is 350 g/mol. The van der Waals surface area contributed by atoms with Crippen LogP contribution >= 0.6 is 0 Å². The van der Waals surface area contributed by atoms with Crippen LogP contribution in [0.5, 0.6) is 0 Å². The minimum atomic E-state index is -0.351. The van der Waals surface area contributed by atoms with Crippen molar-refractivity contribution in [3.8, 4) is 0 Å². The van der Waals surface area contributed by atoms with Gasteiger partial charge in [0.15, 0.2) is 0 Å². The van der Waals surface area contributed by atoms with E-state index in [1.165, 1.54) is 5.56 Å². The summed E-state index contributed by atoms with van der Waals surface area (Å²) in [5.41, 5.74) is 4.85. The molecule has 28 heavy (non-hydrogen) atoms. The maximum absolute atomic E-state index is 13.2. The summed E-state index contributed by atoms with van der Waals surface area (Å²) in [4.78, 5) is 25.4. The van der Waals surface area contributed by atoms with Crippen LogP contribution in [0.15, 0.2) is 48.7 Å². The largest absolute Gasteiger partial charge is 0.459 e. The summed E-state index contributed by atoms with van der Waals surface area (Å²) in [6.45, 7) is 7.82. The molecule has 0 aliphatic heterocycles. The van der Waals surface area contributed by atoms with Gasteiger partial charge in [0.05, 0.1) is 17.4 Å². The van der Waals surface area contributed by atoms with Gasteiger partial charge in [0.1, 0.15) is 0 Å². The zero-order valence-corrected chi connectivity index (χ0v) is 17.0. The van der Waals surface area contributed by atoms with Crippen LogP contribution in [-0.4, -0.2) is 22.3 Å². The van der Waals surface area contributed by atoms with Crippen molar-refractivity contribution in [1.29, 1.82) is 0 Å². The molecule has 0 radical (unpaired) electrons. The smallest absolute Gasteiger partial charge is 0.338 e. The highest BCUT2D eigenvalue weighted by Crippen LogP contribution is 2.23. The molecule has 0 bridgehead atoms. The van der Waals surface area contributed by atoms with E-state index in [4.69, 9.17) is 4.74 Å². The average molecular weight is 377 g/mol. The number of carbonyl (C=O) groups excluding carboxylic acids is 2. The SMILES string of the molecule is CCCc1ccc(C(=O)c2c(CC)cc3cc(C(=O)OC(C)C)ccn23)cc1. The number of ether oxygens (including phenoxy) is 1.